The van der Waals surface area contributed by atoms with Crippen LogP contribution in [0, 0.1) is 6.92 Å². The lowest BCUT2D eigenvalue weighted by Crippen LogP contribution is -2.45. The maximum Gasteiger partial charge on any atom is 0.0678 e. The van der Waals surface area contributed by atoms with E-state index in [2.05, 4.69) is 49.9 Å². The Morgan fingerprint density at radius 1 is 1.16 bits per heavy atom. The minimum absolute atomic E-state index is 0.383. The van der Waals surface area contributed by atoms with Crippen LogP contribution in [0.25, 0.3) is 0 Å². The molecule has 1 aromatic carbocycles. The number of thioether (sulfide) groups is 1. The Hall–Kier alpha value is -0.510. The summed E-state index contributed by atoms with van der Waals surface area (Å²) < 4.78 is 5.76. The highest BCUT2D eigenvalue weighted by atomic mass is 32.2. The van der Waals surface area contributed by atoms with Crippen molar-refractivity contribution in [3.63, 3.8) is 0 Å². The lowest BCUT2D eigenvalue weighted by molar-refractivity contribution is -0.0677. The Bertz CT molecular complexity index is 369. The number of aryl methyl sites for hydroxylation is 1. The third-order valence-corrected chi connectivity index (χ3v) is 4.50. The van der Waals surface area contributed by atoms with E-state index >= 15 is 0 Å². The summed E-state index contributed by atoms with van der Waals surface area (Å²) in [5, 5.41) is 0. The van der Waals surface area contributed by atoms with Crippen molar-refractivity contribution in [1.29, 1.82) is 0 Å². The average molecular weight is 279 g/mol. The van der Waals surface area contributed by atoms with E-state index < -0.39 is 0 Å². The number of morpholine rings is 1. The molecule has 2 rings (SSSR count). The van der Waals surface area contributed by atoms with Crippen LogP contribution in [0.4, 0.5) is 0 Å². The largest absolute Gasteiger partial charge is 0.373 e. The summed E-state index contributed by atoms with van der Waals surface area (Å²) in [6.45, 7) is 9.83. The second-order valence-electron chi connectivity index (χ2n) is 5.53. The molecule has 106 valence electrons. The van der Waals surface area contributed by atoms with Crippen LogP contribution in [0.5, 0.6) is 0 Å². The maximum atomic E-state index is 5.76. The van der Waals surface area contributed by atoms with Crippen LogP contribution < -0.4 is 0 Å². The maximum absolute atomic E-state index is 5.76. The van der Waals surface area contributed by atoms with Crippen molar-refractivity contribution in [3.8, 4) is 0 Å². The van der Waals surface area contributed by atoms with Crippen molar-refractivity contribution in [2.75, 3.05) is 25.4 Å². The third-order valence-electron chi connectivity index (χ3n) is 3.40. The van der Waals surface area contributed by atoms with E-state index in [0.29, 0.717) is 12.2 Å². The zero-order valence-electron chi connectivity index (χ0n) is 12.3. The Labute approximate surface area is 121 Å². The first kappa shape index (κ1) is 14.9. The highest BCUT2D eigenvalue weighted by Gasteiger charge is 2.21. The van der Waals surface area contributed by atoms with Crippen molar-refractivity contribution in [2.24, 2.45) is 0 Å². The van der Waals surface area contributed by atoms with Gasteiger partial charge in [0.1, 0.15) is 0 Å². The van der Waals surface area contributed by atoms with Gasteiger partial charge in [-0.15, -0.1) is 11.8 Å². The monoisotopic (exact) mass is 279 g/mol. The SMILES string of the molecule is Cc1ccc(SCCCN2C[C@H](C)O[C@@H](C)C2)cc1. The molecule has 0 aliphatic carbocycles. The first-order chi connectivity index (χ1) is 9.13. The van der Waals surface area contributed by atoms with Gasteiger partial charge in [-0.2, -0.15) is 0 Å². The van der Waals surface area contributed by atoms with E-state index in [1.54, 1.807) is 0 Å². The van der Waals surface area contributed by atoms with Crippen molar-refractivity contribution >= 4 is 11.8 Å². The van der Waals surface area contributed by atoms with Gasteiger partial charge in [0, 0.05) is 18.0 Å². The number of rotatable bonds is 5. The van der Waals surface area contributed by atoms with Crippen LogP contribution in [-0.4, -0.2) is 42.5 Å². The van der Waals surface area contributed by atoms with Crippen LogP contribution in [0.1, 0.15) is 25.8 Å². The standard InChI is InChI=1S/C16H25NOS/c1-13-5-7-16(8-6-13)19-10-4-9-17-11-14(2)18-15(3)12-17/h5-8,14-15H,4,9-12H2,1-3H3/t14-,15-/m0/s1. The Morgan fingerprint density at radius 3 is 2.42 bits per heavy atom. The molecule has 0 radical (unpaired) electrons. The van der Waals surface area contributed by atoms with Crippen LogP contribution in [0.2, 0.25) is 0 Å². The molecule has 3 heteroatoms. The Morgan fingerprint density at radius 2 is 1.79 bits per heavy atom. The first-order valence-corrected chi connectivity index (χ1v) is 8.19. The van der Waals surface area contributed by atoms with Crippen molar-refractivity contribution in [3.05, 3.63) is 29.8 Å². The molecule has 0 spiro atoms. The predicted octanol–water partition coefficient (Wildman–Crippen LogP) is 3.59. The van der Waals surface area contributed by atoms with E-state index in [9.17, 15) is 0 Å². The Balaban J connectivity index is 1.65. The number of hydrogen-bond acceptors (Lipinski definition) is 3. The second kappa shape index (κ2) is 7.32. The fourth-order valence-electron chi connectivity index (χ4n) is 2.58. The molecule has 1 aromatic rings. The van der Waals surface area contributed by atoms with E-state index in [-0.39, 0.29) is 0 Å². The zero-order valence-corrected chi connectivity index (χ0v) is 13.1. The number of benzene rings is 1. The zero-order chi connectivity index (χ0) is 13.7. The number of nitrogens with zero attached hydrogens (tertiary/aromatic N) is 1. The van der Waals surface area contributed by atoms with E-state index in [4.69, 9.17) is 4.74 Å². The minimum Gasteiger partial charge on any atom is -0.373 e. The van der Waals surface area contributed by atoms with Gasteiger partial charge in [-0.3, -0.25) is 4.90 Å². The highest BCUT2D eigenvalue weighted by molar-refractivity contribution is 7.99. The molecule has 1 saturated heterocycles. The Kier molecular flexibility index (Phi) is 5.74. The molecule has 0 amide bonds. The van der Waals surface area contributed by atoms with Gasteiger partial charge < -0.3 is 4.74 Å². The molecule has 19 heavy (non-hydrogen) atoms. The molecule has 1 aliphatic rings. The van der Waals surface area contributed by atoms with Gasteiger partial charge in [0.05, 0.1) is 12.2 Å². The first-order valence-electron chi connectivity index (χ1n) is 7.21. The molecule has 1 fully saturated rings. The fourth-order valence-corrected chi connectivity index (χ4v) is 3.42. The topological polar surface area (TPSA) is 12.5 Å². The molecule has 0 saturated carbocycles. The van der Waals surface area contributed by atoms with Gasteiger partial charge in [0.2, 0.25) is 0 Å². The summed E-state index contributed by atoms with van der Waals surface area (Å²) in [7, 11) is 0. The van der Waals surface area contributed by atoms with E-state index in [0.717, 1.165) is 13.1 Å². The molecule has 1 heterocycles. The van der Waals surface area contributed by atoms with Crippen LogP contribution in [0.15, 0.2) is 29.2 Å². The molecule has 2 nitrogen and oxygen atoms in total. The summed E-state index contributed by atoms with van der Waals surface area (Å²) in [6.07, 6.45) is 2.01. The number of hydrogen-bond donors (Lipinski definition) is 0. The molecular weight excluding hydrogens is 254 g/mol. The lowest BCUT2D eigenvalue weighted by atomic mass is 10.2. The van der Waals surface area contributed by atoms with Gasteiger partial charge in [0.15, 0.2) is 0 Å². The molecule has 0 aromatic heterocycles. The molecule has 0 bridgehead atoms. The summed E-state index contributed by atoms with van der Waals surface area (Å²) in [6, 6.07) is 8.82. The van der Waals surface area contributed by atoms with Crippen molar-refractivity contribution < 1.29 is 4.74 Å². The summed E-state index contributed by atoms with van der Waals surface area (Å²) in [5.41, 5.74) is 1.33. The number of ether oxygens (including phenoxy) is 1. The normalized spacial score (nSPS) is 24.6. The smallest absolute Gasteiger partial charge is 0.0678 e. The summed E-state index contributed by atoms with van der Waals surface area (Å²) in [5.74, 6) is 1.20. The van der Waals surface area contributed by atoms with Gasteiger partial charge in [-0.05, 0) is 51.6 Å². The molecule has 2 atom stereocenters. The van der Waals surface area contributed by atoms with Gasteiger partial charge >= 0.3 is 0 Å². The highest BCUT2D eigenvalue weighted by Crippen LogP contribution is 2.19. The van der Waals surface area contributed by atoms with Gasteiger partial charge in [0.25, 0.3) is 0 Å². The van der Waals surface area contributed by atoms with Crippen LogP contribution in [0.3, 0.4) is 0 Å². The second-order valence-corrected chi connectivity index (χ2v) is 6.70. The van der Waals surface area contributed by atoms with E-state index in [1.807, 2.05) is 11.8 Å². The van der Waals surface area contributed by atoms with Crippen LogP contribution >= 0.6 is 11.8 Å². The average Bonchev–Trinajstić information content (AvgIpc) is 2.36. The van der Waals surface area contributed by atoms with Gasteiger partial charge in [-0.25, -0.2) is 0 Å². The predicted molar refractivity (Wildman–Crippen MR) is 83.0 cm³/mol. The minimum atomic E-state index is 0.383. The van der Waals surface area contributed by atoms with Crippen molar-refractivity contribution in [2.45, 2.75) is 44.3 Å². The van der Waals surface area contributed by atoms with Crippen molar-refractivity contribution in [1.82, 2.24) is 4.90 Å². The quantitative estimate of drug-likeness (QED) is 0.604. The molecule has 1 aliphatic heterocycles. The van der Waals surface area contributed by atoms with E-state index in [1.165, 1.54) is 29.2 Å². The van der Waals surface area contributed by atoms with Gasteiger partial charge in [-0.1, -0.05) is 17.7 Å². The molecule has 0 N–H and O–H groups in total. The lowest BCUT2D eigenvalue weighted by Gasteiger charge is -2.35. The summed E-state index contributed by atoms with van der Waals surface area (Å²) in [4.78, 5) is 3.92. The third kappa shape index (κ3) is 5.17. The molecule has 0 unspecified atom stereocenters. The van der Waals surface area contributed by atoms with Crippen LogP contribution in [-0.2, 0) is 4.74 Å². The molecular formula is C16H25NOS. The fraction of sp³-hybridized carbons (Fsp3) is 0.625. The summed E-state index contributed by atoms with van der Waals surface area (Å²) >= 11 is 1.96.